The fourth-order valence-corrected chi connectivity index (χ4v) is 0.756. The Balaban J connectivity index is 3.17. The first-order valence-electron chi connectivity index (χ1n) is 3.16. The van der Waals surface area contributed by atoms with Gasteiger partial charge in [0.25, 0.3) is 0 Å². The van der Waals surface area contributed by atoms with E-state index in [0.717, 1.165) is 0 Å². The van der Waals surface area contributed by atoms with Gasteiger partial charge in [-0.3, -0.25) is 0 Å². The standard InChI is InChI=1S/C6H11N5/c1-11(2)6-4(7)5(8)9-3-10-6/h3H,7H2,1-2H3,(H2,8,9,10). The first-order valence-corrected chi connectivity index (χ1v) is 3.16. The molecule has 0 radical (unpaired) electrons. The number of nitrogen functional groups attached to an aromatic ring is 2. The molecule has 0 fully saturated rings. The molecule has 0 spiro atoms. The second-order valence-corrected chi connectivity index (χ2v) is 2.39. The second kappa shape index (κ2) is 2.61. The zero-order valence-corrected chi connectivity index (χ0v) is 6.57. The molecule has 1 aromatic heterocycles. The molecule has 60 valence electrons. The SMILES string of the molecule is CN(C)c1ncnc(N)c1N. The number of hydrogen-bond donors (Lipinski definition) is 2. The Morgan fingerprint density at radius 3 is 2.36 bits per heavy atom. The summed E-state index contributed by atoms with van der Waals surface area (Å²) in [5.41, 5.74) is 11.5. The zero-order valence-electron chi connectivity index (χ0n) is 6.57. The molecule has 0 saturated heterocycles. The second-order valence-electron chi connectivity index (χ2n) is 2.39. The van der Waals surface area contributed by atoms with Crippen LogP contribution in [0.3, 0.4) is 0 Å². The highest BCUT2D eigenvalue weighted by Gasteiger charge is 2.05. The maximum absolute atomic E-state index is 5.59. The highest BCUT2D eigenvalue weighted by molar-refractivity contribution is 5.72. The molecule has 0 unspecified atom stereocenters. The Bertz CT molecular complexity index is 257. The number of aromatic nitrogens is 2. The summed E-state index contributed by atoms with van der Waals surface area (Å²) < 4.78 is 0. The van der Waals surface area contributed by atoms with Crippen LogP contribution in [0.15, 0.2) is 6.33 Å². The summed E-state index contributed by atoms with van der Waals surface area (Å²) in [6.45, 7) is 0. The quantitative estimate of drug-likeness (QED) is 0.579. The van der Waals surface area contributed by atoms with Crippen LogP contribution in [0.5, 0.6) is 0 Å². The van der Waals surface area contributed by atoms with Gasteiger partial charge in [-0.25, -0.2) is 9.97 Å². The van der Waals surface area contributed by atoms with E-state index in [4.69, 9.17) is 11.5 Å². The molecule has 11 heavy (non-hydrogen) atoms. The van der Waals surface area contributed by atoms with Gasteiger partial charge in [-0.1, -0.05) is 0 Å². The van der Waals surface area contributed by atoms with Crippen LogP contribution in [0, 0.1) is 0 Å². The predicted octanol–water partition coefficient (Wildman–Crippen LogP) is -0.293. The monoisotopic (exact) mass is 153 g/mol. The minimum absolute atomic E-state index is 0.323. The molecular formula is C6H11N5. The Labute approximate surface area is 65.0 Å². The van der Waals surface area contributed by atoms with Gasteiger partial charge in [-0.2, -0.15) is 0 Å². The molecule has 0 aliphatic rings. The molecule has 0 amide bonds. The summed E-state index contributed by atoms with van der Waals surface area (Å²) in [5.74, 6) is 0.973. The van der Waals surface area contributed by atoms with Crippen LogP contribution < -0.4 is 16.4 Å². The highest BCUT2D eigenvalue weighted by atomic mass is 15.2. The van der Waals surface area contributed by atoms with Gasteiger partial charge in [0, 0.05) is 14.1 Å². The third-order valence-corrected chi connectivity index (χ3v) is 1.32. The van der Waals surface area contributed by atoms with Crippen molar-refractivity contribution in [2.45, 2.75) is 0 Å². The lowest BCUT2D eigenvalue weighted by Crippen LogP contribution is -2.14. The number of rotatable bonds is 1. The molecule has 4 N–H and O–H groups in total. The van der Waals surface area contributed by atoms with Crippen LogP contribution in [0.4, 0.5) is 17.3 Å². The fourth-order valence-electron chi connectivity index (χ4n) is 0.756. The van der Waals surface area contributed by atoms with Crippen molar-refractivity contribution in [1.29, 1.82) is 0 Å². The Morgan fingerprint density at radius 1 is 1.27 bits per heavy atom. The first kappa shape index (κ1) is 7.59. The fraction of sp³-hybridized carbons (Fsp3) is 0.333. The normalized spacial score (nSPS) is 9.64. The Kier molecular flexibility index (Phi) is 1.80. The number of nitrogens with zero attached hydrogens (tertiary/aromatic N) is 3. The van der Waals surface area contributed by atoms with Crippen molar-refractivity contribution in [3.05, 3.63) is 6.33 Å². The van der Waals surface area contributed by atoms with E-state index in [9.17, 15) is 0 Å². The number of anilines is 3. The molecule has 0 atom stereocenters. The zero-order chi connectivity index (χ0) is 8.43. The largest absolute Gasteiger partial charge is 0.393 e. The maximum atomic E-state index is 5.59. The average Bonchev–Trinajstić information content (AvgIpc) is 1.94. The summed E-state index contributed by atoms with van der Waals surface area (Å²) in [7, 11) is 3.69. The average molecular weight is 153 g/mol. The lowest BCUT2D eigenvalue weighted by Gasteiger charge is -2.13. The van der Waals surface area contributed by atoms with E-state index in [1.54, 1.807) is 4.90 Å². The molecular weight excluding hydrogens is 142 g/mol. The van der Waals surface area contributed by atoms with Crippen molar-refractivity contribution in [3.63, 3.8) is 0 Å². The Morgan fingerprint density at radius 2 is 1.91 bits per heavy atom. The van der Waals surface area contributed by atoms with E-state index in [2.05, 4.69) is 9.97 Å². The smallest absolute Gasteiger partial charge is 0.156 e. The topological polar surface area (TPSA) is 81.1 Å². The van der Waals surface area contributed by atoms with Crippen molar-refractivity contribution in [2.24, 2.45) is 0 Å². The van der Waals surface area contributed by atoms with Crippen molar-refractivity contribution in [1.82, 2.24) is 9.97 Å². The molecule has 0 aliphatic heterocycles. The van der Waals surface area contributed by atoms with Crippen LogP contribution in [0.1, 0.15) is 0 Å². The van der Waals surface area contributed by atoms with Gasteiger partial charge >= 0.3 is 0 Å². The van der Waals surface area contributed by atoms with Crippen LogP contribution in [0.2, 0.25) is 0 Å². The van der Waals surface area contributed by atoms with Crippen LogP contribution >= 0.6 is 0 Å². The van der Waals surface area contributed by atoms with Gasteiger partial charge < -0.3 is 16.4 Å². The lowest BCUT2D eigenvalue weighted by atomic mass is 10.4. The number of hydrogen-bond acceptors (Lipinski definition) is 5. The van der Waals surface area contributed by atoms with E-state index in [1.807, 2.05) is 14.1 Å². The van der Waals surface area contributed by atoms with E-state index >= 15 is 0 Å². The maximum Gasteiger partial charge on any atom is 0.156 e. The van der Waals surface area contributed by atoms with E-state index in [0.29, 0.717) is 17.3 Å². The summed E-state index contributed by atoms with van der Waals surface area (Å²) in [4.78, 5) is 9.47. The number of nitrogens with two attached hydrogens (primary N) is 2. The lowest BCUT2D eigenvalue weighted by molar-refractivity contribution is 1.05. The first-order chi connectivity index (χ1) is 5.13. The van der Waals surface area contributed by atoms with E-state index in [1.165, 1.54) is 6.33 Å². The van der Waals surface area contributed by atoms with Crippen LogP contribution in [-0.4, -0.2) is 24.1 Å². The van der Waals surface area contributed by atoms with E-state index < -0.39 is 0 Å². The molecule has 0 aromatic carbocycles. The van der Waals surface area contributed by atoms with Gasteiger partial charge in [-0.15, -0.1) is 0 Å². The molecule has 0 aliphatic carbocycles. The van der Waals surface area contributed by atoms with Gasteiger partial charge in [0.05, 0.1) is 0 Å². The molecule has 0 saturated carbocycles. The predicted molar refractivity (Wildman–Crippen MR) is 45.2 cm³/mol. The minimum Gasteiger partial charge on any atom is -0.393 e. The van der Waals surface area contributed by atoms with Crippen molar-refractivity contribution >= 4 is 17.3 Å². The van der Waals surface area contributed by atoms with Crippen LogP contribution in [0.25, 0.3) is 0 Å². The minimum atomic E-state index is 0.323. The summed E-state index contributed by atoms with van der Waals surface area (Å²) in [6, 6.07) is 0. The molecule has 1 rings (SSSR count). The van der Waals surface area contributed by atoms with Gasteiger partial charge in [0.15, 0.2) is 11.6 Å². The van der Waals surface area contributed by atoms with E-state index in [-0.39, 0.29) is 0 Å². The molecule has 5 nitrogen and oxygen atoms in total. The highest BCUT2D eigenvalue weighted by Crippen LogP contribution is 2.20. The summed E-state index contributed by atoms with van der Waals surface area (Å²) in [6.07, 6.45) is 1.39. The molecule has 5 heteroatoms. The summed E-state index contributed by atoms with van der Waals surface area (Å²) in [5, 5.41) is 0. The molecule has 0 bridgehead atoms. The third kappa shape index (κ3) is 1.31. The van der Waals surface area contributed by atoms with Gasteiger partial charge in [-0.05, 0) is 0 Å². The Hall–Kier alpha value is -1.52. The third-order valence-electron chi connectivity index (χ3n) is 1.32. The molecule has 1 aromatic rings. The summed E-state index contributed by atoms with van der Waals surface area (Å²) >= 11 is 0. The van der Waals surface area contributed by atoms with Crippen molar-refractivity contribution in [3.8, 4) is 0 Å². The van der Waals surface area contributed by atoms with Gasteiger partial charge in [0.2, 0.25) is 0 Å². The van der Waals surface area contributed by atoms with Gasteiger partial charge in [0.1, 0.15) is 12.0 Å². The van der Waals surface area contributed by atoms with Crippen LogP contribution in [-0.2, 0) is 0 Å². The van der Waals surface area contributed by atoms with Crippen molar-refractivity contribution < 1.29 is 0 Å². The molecule has 1 heterocycles. The van der Waals surface area contributed by atoms with Crippen molar-refractivity contribution in [2.75, 3.05) is 30.5 Å².